The molecule has 1 heterocycles. The number of hydrogen-bond donors (Lipinski definition) is 4. The highest BCUT2D eigenvalue weighted by atomic mass is 32.2. The topological polar surface area (TPSA) is 223 Å². The van der Waals surface area contributed by atoms with Crippen LogP contribution in [0.25, 0.3) is 0 Å². The van der Waals surface area contributed by atoms with Crippen LogP contribution in [0.3, 0.4) is 0 Å². The summed E-state index contributed by atoms with van der Waals surface area (Å²) in [7, 11) is 1.50. The first kappa shape index (κ1) is 46.2. The molecule has 1 saturated heterocycles. The Balaban J connectivity index is 2.00. The van der Waals surface area contributed by atoms with Gasteiger partial charge in [0, 0.05) is 38.8 Å². The molecule has 1 unspecified atom stereocenters. The Hall–Kier alpha value is -2.87. The molecule has 5 N–H and O–H groups in total. The molecule has 1 aliphatic heterocycles. The minimum absolute atomic E-state index is 0.0347. The summed E-state index contributed by atoms with van der Waals surface area (Å²) in [5.41, 5.74) is 5.06. The quantitative estimate of drug-likeness (QED) is 0.0521. The fourth-order valence-corrected chi connectivity index (χ4v) is 5.56. The van der Waals surface area contributed by atoms with Crippen LogP contribution in [-0.2, 0) is 52.4 Å². The average molecular weight is 750 g/mol. The molecule has 0 spiro atoms. The van der Waals surface area contributed by atoms with Crippen LogP contribution in [0.15, 0.2) is 0 Å². The smallest absolute Gasteiger partial charge is 0.312 e. The molecule has 0 aromatic rings. The van der Waals surface area contributed by atoms with Crippen molar-refractivity contribution in [3.8, 4) is 0 Å². The molecule has 0 saturated carbocycles. The van der Waals surface area contributed by atoms with E-state index >= 15 is 0 Å². The molecular weight excluding hydrogens is 690 g/mol. The number of amides is 6. The van der Waals surface area contributed by atoms with Crippen molar-refractivity contribution in [1.82, 2.24) is 20.9 Å². The van der Waals surface area contributed by atoms with Crippen LogP contribution >= 0.6 is 11.8 Å². The first-order valence-corrected chi connectivity index (χ1v) is 18.7. The maximum Gasteiger partial charge on any atom is 0.312 e. The van der Waals surface area contributed by atoms with Crippen molar-refractivity contribution >= 4 is 47.2 Å². The Labute approximate surface area is 305 Å². The minimum atomic E-state index is -0.741. The minimum Gasteiger partial charge on any atom is -0.379 e. The maximum absolute atomic E-state index is 13.0. The first-order valence-electron chi connectivity index (χ1n) is 17.4. The molecule has 0 aromatic carbocycles. The standard InChI is InChI=1S/C33H59N5O12S/c1-24(2)30(26(39)22-25(31(42)35-3)6-5-8-36-33(34)44)37-28(40)7-10-45-12-14-47-16-18-49-20-21-50-19-17-48-15-13-46-11-9-38-29(41)23-27(51-4)32(38)43/h24-25,27,30H,5-23H2,1-4H3,(H,35,42)(H,37,40)(H3,34,36,44)/t25-,27?,30+/m1/s1. The van der Waals surface area contributed by atoms with Crippen molar-refractivity contribution in [2.75, 3.05) is 106 Å². The summed E-state index contributed by atoms with van der Waals surface area (Å²) in [5, 5.41) is 7.52. The number of nitrogens with zero attached hydrogens (tertiary/aromatic N) is 1. The van der Waals surface area contributed by atoms with Gasteiger partial charge in [0.05, 0.1) is 97.1 Å². The number of carbonyl (C=O) groups is 6. The van der Waals surface area contributed by atoms with E-state index in [-0.39, 0.29) is 79.6 Å². The Kier molecular flexibility index (Phi) is 26.0. The van der Waals surface area contributed by atoms with Gasteiger partial charge in [-0.15, -0.1) is 0 Å². The normalized spacial score (nSPS) is 15.6. The van der Waals surface area contributed by atoms with Crippen LogP contribution in [0.5, 0.6) is 0 Å². The lowest BCUT2D eigenvalue weighted by molar-refractivity contribution is -0.139. The molecule has 1 aliphatic rings. The van der Waals surface area contributed by atoms with Gasteiger partial charge in [0.1, 0.15) is 0 Å². The predicted molar refractivity (Wildman–Crippen MR) is 189 cm³/mol. The Morgan fingerprint density at radius 1 is 0.843 bits per heavy atom. The second-order valence-corrected chi connectivity index (χ2v) is 13.0. The lowest BCUT2D eigenvalue weighted by Gasteiger charge is -2.23. The molecule has 294 valence electrons. The second-order valence-electron chi connectivity index (χ2n) is 11.9. The van der Waals surface area contributed by atoms with Gasteiger partial charge in [0.15, 0.2) is 5.78 Å². The number of ketones is 1. The summed E-state index contributed by atoms with van der Waals surface area (Å²) in [4.78, 5) is 73.9. The molecule has 18 heteroatoms. The molecular formula is C33H59N5O12S. The third-order valence-corrected chi connectivity index (χ3v) is 8.64. The summed E-state index contributed by atoms with van der Waals surface area (Å²) in [6.45, 7) is 8.42. The zero-order valence-corrected chi connectivity index (χ0v) is 31.4. The number of likely N-dealkylation sites (tertiary alicyclic amines) is 1. The van der Waals surface area contributed by atoms with Crippen LogP contribution < -0.4 is 21.7 Å². The molecule has 17 nitrogen and oxygen atoms in total. The van der Waals surface area contributed by atoms with E-state index < -0.39 is 18.0 Å². The Morgan fingerprint density at radius 2 is 1.35 bits per heavy atom. The molecule has 0 radical (unpaired) electrons. The number of nitrogens with two attached hydrogens (primary N) is 1. The Bertz CT molecular complexity index is 1050. The molecule has 0 aromatic heterocycles. The van der Waals surface area contributed by atoms with Gasteiger partial charge in [0.25, 0.3) is 0 Å². The van der Waals surface area contributed by atoms with Gasteiger partial charge >= 0.3 is 6.03 Å². The van der Waals surface area contributed by atoms with Crippen molar-refractivity contribution in [3.63, 3.8) is 0 Å². The number of carbonyl (C=O) groups excluding carboxylic acids is 6. The summed E-state index contributed by atoms with van der Waals surface area (Å²) in [5.74, 6) is -1.89. The zero-order valence-electron chi connectivity index (χ0n) is 30.6. The van der Waals surface area contributed by atoms with Crippen LogP contribution in [0.1, 0.15) is 46.0 Å². The van der Waals surface area contributed by atoms with E-state index in [0.29, 0.717) is 85.5 Å². The van der Waals surface area contributed by atoms with Gasteiger partial charge in [-0.25, -0.2) is 4.79 Å². The van der Waals surface area contributed by atoms with E-state index in [0.717, 1.165) is 0 Å². The SMILES string of the molecule is CNC(=O)[C@H](CCCNC(N)=O)CC(=O)[C@@H](NC(=O)CCOCCOCCOCCOCCOCCOCCN1C(=O)CC(SC)C1=O)C(C)C. The largest absolute Gasteiger partial charge is 0.379 e. The van der Waals surface area contributed by atoms with E-state index in [1.54, 1.807) is 0 Å². The van der Waals surface area contributed by atoms with Crippen LogP contribution in [0.2, 0.25) is 0 Å². The van der Waals surface area contributed by atoms with Crippen molar-refractivity contribution in [3.05, 3.63) is 0 Å². The number of imide groups is 1. The van der Waals surface area contributed by atoms with E-state index in [4.69, 9.17) is 34.2 Å². The second kappa shape index (κ2) is 28.7. The summed E-state index contributed by atoms with van der Waals surface area (Å²) in [6, 6.07) is -1.39. The van der Waals surface area contributed by atoms with Crippen LogP contribution in [-0.4, -0.2) is 157 Å². The maximum atomic E-state index is 13.0. The van der Waals surface area contributed by atoms with E-state index in [1.807, 2.05) is 20.1 Å². The summed E-state index contributed by atoms with van der Waals surface area (Å²) >= 11 is 1.39. The lowest BCUT2D eigenvalue weighted by atomic mass is 9.89. The number of Topliss-reactive ketones (excluding diaryl/α,β-unsaturated/α-hetero) is 1. The summed E-state index contributed by atoms with van der Waals surface area (Å²) < 4.78 is 32.7. The monoisotopic (exact) mass is 749 g/mol. The van der Waals surface area contributed by atoms with Gasteiger partial charge in [-0.05, 0) is 25.0 Å². The average Bonchev–Trinajstić information content (AvgIpc) is 3.38. The van der Waals surface area contributed by atoms with Gasteiger partial charge < -0.3 is 50.1 Å². The van der Waals surface area contributed by atoms with E-state index in [2.05, 4.69) is 16.0 Å². The number of ether oxygens (including phenoxy) is 6. The predicted octanol–water partition coefficient (Wildman–Crippen LogP) is -0.123. The highest BCUT2D eigenvalue weighted by molar-refractivity contribution is 8.00. The lowest BCUT2D eigenvalue weighted by Crippen LogP contribution is -2.46. The van der Waals surface area contributed by atoms with Gasteiger partial charge in [-0.1, -0.05) is 13.8 Å². The fraction of sp³-hybridized carbons (Fsp3) is 0.818. The van der Waals surface area contributed by atoms with E-state index in [9.17, 15) is 28.8 Å². The molecule has 0 aliphatic carbocycles. The molecule has 0 bridgehead atoms. The highest BCUT2D eigenvalue weighted by Crippen LogP contribution is 2.22. The van der Waals surface area contributed by atoms with E-state index in [1.165, 1.54) is 23.7 Å². The number of primary amides is 1. The molecule has 3 atom stereocenters. The highest BCUT2D eigenvalue weighted by Gasteiger charge is 2.37. The number of rotatable bonds is 32. The third-order valence-electron chi connectivity index (χ3n) is 7.70. The molecule has 6 amide bonds. The van der Waals surface area contributed by atoms with Gasteiger partial charge in [-0.2, -0.15) is 11.8 Å². The summed E-state index contributed by atoms with van der Waals surface area (Å²) in [6.07, 6.45) is 2.97. The number of urea groups is 1. The van der Waals surface area contributed by atoms with Crippen LogP contribution in [0.4, 0.5) is 4.79 Å². The molecule has 51 heavy (non-hydrogen) atoms. The zero-order chi connectivity index (χ0) is 37.9. The Morgan fingerprint density at radius 3 is 1.80 bits per heavy atom. The van der Waals surface area contributed by atoms with Crippen molar-refractivity contribution in [2.24, 2.45) is 17.6 Å². The third kappa shape index (κ3) is 21.3. The fourth-order valence-electron chi connectivity index (χ4n) is 4.92. The van der Waals surface area contributed by atoms with Crippen LogP contribution in [0, 0.1) is 11.8 Å². The number of hydrogen-bond acceptors (Lipinski definition) is 13. The molecule has 1 rings (SSSR count). The van der Waals surface area contributed by atoms with Gasteiger partial charge in [0.2, 0.25) is 23.6 Å². The first-order chi connectivity index (χ1) is 24.5. The number of thioether (sulfide) groups is 1. The molecule has 1 fully saturated rings. The van der Waals surface area contributed by atoms with Crippen molar-refractivity contribution < 1.29 is 57.2 Å². The number of nitrogens with one attached hydrogen (secondary N) is 3. The van der Waals surface area contributed by atoms with Crippen molar-refractivity contribution in [1.29, 1.82) is 0 Å². The van der Waals surface area contributed by atoms with Gasteiger partial charge in [-0.3, -0.25) is 28.9 Å². The van der Waals surface area contributed by atoms with Crippen molar-refractivity contribution in [2.45, 2.75) is 57.2 Å².